The smallest absolute Gasteiger partial charge is 0.0937 e. The van der Waals surface area contributed by atoms with Crippen LogP contribution in [0.15, 0.2) is 228 Å². The molecule has 4 aromatic heterocycles. The van der Waals surface area contributed by atoms with Crippen molar-refractivity contribution in [2.24, 2.45) is 0 Å². The van der Waals surface area contributed by atoms with Crippen LogP contribution < -0.4 is 0 Å². The molecule has 1 aliphatic carbocycles. The molecule has 64 heavy (non-hydrogen) atoms. The maximum absolute atomic E-state index is 5.04. The van der Waals surface area contributed by atoms with Gasteiger partial charge in [0.2, 0.25) is 0 Å². The van der Waals surface area contributed by atoms with Crippen LogP contribution in [0.1, 0.15) is 22.3 Å². The zero-order valence-electron chi connectivity index (χ0n) is 34.5. The molecule has 0 fully saturated rings. The van der Waals surface area contributed by atoms with Crippen molar-refractivity contribution in [3.63, 3.8) is 0 Å². The fourth-order valence-electron chi connectivity index (χ4n) is 11.0. The monoisotopic (exact) mass is 832 g/mol. The molecule has 5 heterocycles. The lowest BCUT2D eigenvalue weighted by Gasteiger charge is -2.40. The van der Waals surface area contributed by atoms with Crippen molar-refractivity contribution in [2.45, 2.75) is 15.2 Å². The molecule has 0 saturated carbocycles. The molecule has 4 nitrogen and oxygen atoms in total. The predicted octanol–water partition coefficient (Wildman–Crippen LogP) is 14.8. The molecule has 5 heteroatoms. The molecule has 0 radical (unpaired) electrons. The van der Waals surface area contributed by atoms with Crippen LogP contribution in [-0.4, -0.2) is 19.1 Å². The topological polar surface area (TPSA) is 35.6 Å². The first-order valence-corrected chi connectivity index (χ1v) is 22.6. The van der Waals surface area contributed by atoms with Crippen molar-refractivity contribution < 1.29 is 0 Å². The molecule has 12 aromatic rings. The van der Waals surface area contributed by atoms with E-state index in [-0.39, 0.29) is 0 Å². The van der Waals surface area contributed by atoms with Crippen LogP contribution >= 0.6 is 11.8 Å². The molecule has 1 aliphatic heterocycles. The lowest BCUT2D eigenvalue weighted by atomic mass is 9.67. The first-order chi connectivity index (χ1) is 31.8. The number of hydrogen-bond acceptors (Lipinski definition) is 3. The van der Waals surface area contributed by atoms with Gasteiger partial charge in [-0.15, -0.1) is 0 Å². The highest BCUT2D eigenvalue weighted by Gasteiger charge is 2.52. The normalized spacial score (nSPS) is 13.4. The van der Waals surface area contributed by atoms with E-state index < -0.39 is 5.41 Å². The zero-order valence-corrected chi connectivity index (χ0v) is 35.3. The van der Waals surface area contributed by atoms with Crippen LogP contribution in [0.25, 0.3) is 88.6 Å². The SMILES string of the molecule is c1ccc(-n2c3ccccc3c3cc(-c4ccc5c(c4)Sc4c(-c6ccc7c(c6)c6ccccc6n7-c6ccccc6)cccc4C54c5cccnc5-c5ncccc54)ccc32)cc1. The van der Waals surface area contributed by atoms with Crippen LogP contribution in [0.5, 0.6) is 0 Å². The van der Waals surface area contributed by atoms with Gasteiger partial charge in [-0.3, -0.25) is 9.97 Å². The highest BCUT2D eigenvalue weighted by atomic mass is 32.2. The van der Waals surface area contributed by atoms with Crippen molar-refractivity contribution in [3.8, 4) is 45.0 Å². The third-order valence-corrected chi connectivity index (χ3v) is 14.9. The molecule has 0 atom stereocenters. The minimum atomic E-state index is -0.613. The highest BCUT2D eigenvalue weighted by Crippen LogP contribution is 2.63. The van der Waals surface area contributed by atoms with E-state index in [2.05, 4.69) is 215 Å². The van der Waals surface area contributed by atoms with Crippen LogP contribution in [0, 0.1) is 0 Å². The Balaban J connectivity index is 0.997. The van der Waals surface area contributed by atoms with Crippen molar-refractivity contribution in [1.29, 1.82) is 0 Å². The molecule has 0 unspecified atom stereocenters. The molecular formula is C59H36N4S. The molecule has 2 aliphatic rings. The van der Waals surface area contributed by atoms with E-state index in [0.717, 1.165) is 22.8 Å². The molecular weight excluding hydrogens is 797 g/mol. The van der Waals surface area contributed by atoms with Crippen LogP contribution in [0.2, 0.25) is 0 Å². The molecule has 0 bridgehead atoms. The minimum absolute atomic E-state index is 0.613. The summed E-state index contributed by atoms with van der Waals surface area (Å²) in [5.41, 5.74) is 18.1. The summed E-state index contributed by atoms with van der Waals surface area (Å²) in [4.78, 5) is 12.6. The lowest BCUT2D eigenvalue weighted by Crippen LogP contribution is -2.32. The van der Waals surface area contributed by atoms with Crippen LogP contribution in [0.3, 0.4) is 0 Å². The molecule has 0 saturated heterocycles. The highest BCUT2D eigenvalue weighted by molar-refractivity contribution is 7.99. The number of benzene rings is 8. The Morgan fingerprint density at radius 3 is 1.48 bits per heavy atom. The largest absolute Gasteiger partial charge is 0.309 e. The Hall–Kier alpha value is -7.99. The fraction of sp³-hybridized carbons (Fsp3) is 0.0169. The molecule has 0 amide bonds. The molecule has 8 aromatic carbocycles. The van der Waals surface area contributed by atoms with Gasteiger partial charge in [0.15, 0.2) is 0 Å². The van der Waals surface area contributed by atoms with E-state index in [9.17, 15) is 0 Å². The summed E-state index contributed by atoms with van der Waals surface area (Å²) in [6, 6.07) is 75.7. The number of fused-ring (bicyclic) bond motifs is 15. The predicted molar refractivity (Wildman–Crippen MR) is 263 cm³/mol. The number of rotatable bonds is 4. The summed E-state index contributed by atoms with van der Waals surface area (Å²) in [6.07, 6.45) is 3.81. The van der Waals surface area contributed by atoms with Crippen molar-refractivity contribution in [1.82, 2.24) is 19.1 Å². The van der Waals surface area contributed by atoms with Crippen molar-refractivity contribution in [3.05, 3.63) is 241 Å². The minimum Gasteiger partial charge on any atom is -0.309 e. The first kappa shape index (κ1) is 35.6. The second-order valence-electron chi connectivity index (χ2n) is 16.9. The van der Waals surface area contributed by atoms with Gasteiger partial charge in [0.1, 0.15) is 0 Å². The average molecular weight is 833 g/mol. The van der Waals surface area contributed by atoms with Crippen LogP contribution in [0.4, 0.5) is 0 Å². The Morgan fingerprint density at radius 1 is 0.359 bits per heavy atom. The maximum atomic E-state index is 5.04. The van der Waals surface area contributed by atoms with Gasteiger partial charge in [-0.1, -0.05) is 139 Å². The Labute approximate surface area is 373 Å². The molecule has 14 rings (SSSR count). The zero-order chi connectivity index (χ0) is 41.9. The number of nitrogens with zero attached hydrogens (tertiary/aromatic N) is 4. The van der Waals surface area contributed by atoms with Gasteiger partial charge in [-0.2, -0.15) is 0 Å². The summed E-state index contributed by atoms with van der Waals surface area (Å²) < 4.78 is 4.77. The summed E-state index contributed by atoms with van der Waals surface area (Å²) in [5, 5.41) is 4.97. The van der Waals surface area contributed by atoms with Gasteiger partial charge >= 0.3 is 0 Å². The Morgan fingerprint density at radius 2 is 0.859 bits per heavy atom. The summed E-state index contributed by atoms with van der Waals surface area (Å²) >= 11 is 1.89. The summed E-state index contributed by atoms with van der Waals surface area (Å²) in [5.74, 6) is 0. The van der Waals surface area contributed by atoms with E-state index >= 15 is 0 Å². The summed E-state index contributed by atoms with van der Waals surface area (Å²) in [7, 11) is 0. The van der Waals surface area contributed by atoms with Crippen LogP contribution in [-0.2, 0) is 5.41 Å². The first-order valence-electron chi connectivity index (χ1n) is 21.8. The molecule has 1 spiro atoms. The third-order valence-electron chi connectivity index (χ3n) is 13.7. The second-order valence-corrected chi connectivity index (χ2v) is 17.9. The van der Waals surface area contributed by atoms with E-state index in [1.807, 2.05) is 24.2 Å². The molecule has 0 N–H and O–H groups in total. The fourth-order valence-corrected chi connectivity index (χ4v) is 12.4. The van der Waals surface area contributed by atoms with Crippen molar-refractivity contribution >= 4 is 55.4 Å². The Bertz CT molecular complexity index is 3840. The van der Waals surface area contributed by atoms with Gasteiger partial charge in [-0.25, -0.2) is 0 Å². The van der Waals surface area contributed by atoms with E-state index in [1.165, 1.54) is 97.9 Å². The van der Waals surface area contributed by atoms with Gasteiger partial charge < -0.3 is 9.13 Å². The molecule has 298 valence electrons. The van der Waals surface area contributed by atoms with Crippen molar-refractivity contribution in [2.75, 3.05) is 0 Å². The van der Waals surface area contributed by atoms with Gasteiger partial charge in [0.25, 0.3) is 0 Å². The maximum Gasteiger partial charge on any atom is 0.0937 e. The number of para-hydroxylation sites is 4. The van der Waals surface area contributed by atoms with Gasteiger partial charge in [0, 0.05) is 55.1 Å². The third kappa shape index (κ3) is 4.84. The van der Waals surface area contributed by atoms with E-state index in [1.54, 1.807) is 0 Å². The number of pyridine rings is 2. The Kier molecular flexibility index (Phi) is 7.51. The van der Waals surface area contributed by atoms with Gasteiger partial charge in [-0.05, 0) is 123 Å². The number of aromatic nitrogens is 4. The van der Waals surface area contributed by atoms with E-state index in [4.69, 9.17) is 9.97 Å². The lowest BCUT2D eigenvalue weighted by molar-refractivity contribution is 0.720. The average Bonchev–Trinajstić information content (AvgIpc) is 3.98. The van der Waals surface area contributed by atoms with Gasteiger partial charge in [0.05, 0.1) is 38.9 Å². The quantitative estimate of drug-likeness (QED) is 0.177. The van der Waals surface area contributed by atoms with E-state index in [0.29, 0.717) is 0 Å². The second kappa shape index (κ2) is 13.5. The number of hydrogen-bond donors (Lipinski definition) is 0. The standard InChI is InChI=1S/C59H36N4S/c1-3-14-40(15-4-1)62-51-24-9-7-18-43(51)45-34-37(27-30-53(45)62)38-26-29-47-55(36-38)64-58-42(20-11-21-50(58)59(47)48-22-12-32-60-56(48)57-49(59)23-13-33-61-57)39-28-31-54-46(35-39)44-19-8-10-25-52(44)63(54)41-16-5-2-6-17-41/h1-36H. The summed E-state index contributed by atoms with van der Waals surface area (Å²) in [6.45, 7) is 0.